The van der Waals surface area contributed by atoms with E-state index in [2.05, 4.69) is 25.8 Å². The Bertz CT molecular complexity index is 1170. The van der Waals surface area contributed by atoms with Crippen LogP contribution in [0.4, 0.5) is 5.13 Å². The van der Waals surface area contributed by atoms with Crippen LogP contribution in [0.15, 0.2) is 48.9 Å². The maximum absolute atomic E-state index is 12.6. The van der Waals surface area contributed by atoms with Crippen molar-refractivity contribution in [3.63, 3.8) is 0 Å². The average molecular weight is 425 g/mol. The first-order valence-electron chi connectivity index (χ1n) is 8.85. The lowest BCUT2D eigenvalue weighted by atomic mass is 10.1. The lowest BCUT2D eigenvalue weighted by Crippen LogP contribution is -2.12. The fraction of sp³-hybridized carbons (Fsp3) is 0.150. The van der Waals surface area contributed by atoms with Crippen LogP contribution in [0.2, 0.25) is 5.02 Å². The molecule has 0 bridgehead atoms. The quantitative estimate of drug-likeness (QED) is 0.518. The molecule has 0 aliphatic carbocycles. The van der Waals surface area contributed by atoms with Gasteiger partial charge >= 0.3 is 0 Å². The van der Waals surface area contributed by atoms with Gasteiger partial charge in [0.1, 0.15) is 6.33 Å². The van der Waals surface area contributed by atoms with Crippen LogP contribution >= 0.6 is 22.9 Å². The molecule has 0 spiro atoms. The number of benzene rings is 2. The van der Waals surface area contributed by atoms with Crippen molar-refractivity contribution < 1.29 is 4.79 Å². The summed E-state index contributed by atoms with van der Waals surface area (Å²) < 4.78 is 1.56. The maximum atomic E-state index is 12.6. The number of aromatic nitrogens is 5. The Morgan fingerprint density at radius 2 is 2.03 bits per heavy atom. The number of halogens is 1. The summed E-state index contributed by atoms with van der Waals surface area (Å²) in [5, 5.41) is 15.3. The number of hydrogen-bond donors (Lipinski definition) is 1. The number of nitrogens with one attached hydrogen (secondary N) is 1. The Balaban J connectivity index is 1.45. The molecule has 0 atom stereocenters. The molecular weight excluding hydrogens is 408 g/mol. The molecule has 0 fully saturated rings. The predicted octanol–water partition coefficient (Wildman–Crippen LogP) is 4.23. The summed E-state index contributed by atoms with van der Waals surface area (Å²) in [6.07, 6.45) is 4.01. The number of carbonyl (C=O) groups is 1. The van der Waals surface area contributed by atoms with Gasteiger partial charge in [0.15, 0.2) is 5.13 Å². The summed E-state index contributed by atoms with van der Waals surface area (Å²) in [6, 6.07) is 11.4. The summed E-state index contributed by atoms with van der Waals surface area (Å²) in [5.74, 6) is -0.212. The van der Waals surface area contributed by atoms with Gasteiger partial charge < -0.3 is 0 Å². The standard InChI is InChI=1S/C20H17ClN6OS/c1-12-3-4-14(9-17(12)21)8-16-10-22-20(29-16)24-19(28)15-5-6-18(13(2)7-15)27-11-23-25-26-27/h3-7,9-11H,8H2,1-2H3,(H,22,24,28). The highest BCUT2D eigenvalue weighted by Crippen LogP contribution is 2.24. The van der Waals surface area contributed by atoms with Crippen molar-refractivity contribution in [3.8, 4) is 5.69 Å². The van der Waals surface area contributed by atoms with Crippen LogP contribution in [-0.2, 0) is 6.42 Å². The third-order valence-electron chi connectivity index (χ3n) is 4.44. The van der Waals surface area contributed by atoms with Crippen LogP contribution in [0.5, 0.6) is 0 Å². The Morgan fingerprint density at radius 1 is 1.17 bits per heavy atom. The molecule has 1 amide bonds. The second kappa shape index (κ2) is 8.10. The van der Waals surface area contributed by atoms with E-state index in [0.717, 1.165) is 32.3 Å². The van der Waals surface area contributed by atoms with E-state index in [-0.39, 0.29) is 5.91 Å². The highest BCUT2D eigenvalue weighted by atomic mass is 35.5. The van der Waals surface area contributed by atoms with Crippen LogP contribution in [0.3, 0.4) is 0 Å². The SMILES string of the molecule is Cc1ccc(Cc2cnc(NC(=O)c3ccc(-n4cnnn4)c(C)c3)s2)cc1Cl. The Morgan fingerprint density at radius 3 is 2.76 bits per heavy atom. The molecule has 4 aromatic rings. The van der Waals surface area contributed by atoms with Crippen molar-refractivity contribution >= 4 is 34.0 Å². The number of amides is 1. The predicted molar refractivity (Wildman–Crippen MR) is 113 cm³/mol. The summed E-state index contributed by atoms with van der Waals surface area (Å²) in [7, 11) is 0. The van der Waals surface area contributed by atoms with Gasteiger partial charge in [0, 0.05) is 28.1 Å². The normalized spacial score (nSPS) is 10.9. The van der Waals surface area contributed by atoms with E-state index in [1.807, 2.05) is 38.1 Å². The Kier molecular flexibility index (Phi) is 5.37. The minimum Gasteiger partial charge on any atom is -0.298 e. The zero-order chi connectivity index (χ0) is 20.4. The van der Waals surface area contributed by atoms with E-state index in [4.69, 9.17) is 11.6 Å². The number of tetrazole rings is 1. The first-order chi connectivity index (χ1) is 14.0. The monoisotopic (exact) mass is 424 g/mol. The molecule has 0 radical (unpaired) electrons. The third kappa shape index (κ3) is 4.33. The highest BCUT2D eigenvalue weighted by molar-refractivity contribution is 7.15. The van der Waals surface area contributed by atoms with Crippen molar-refractivity contribution in [2.24, 2.45) is 0 Å². The lowest BCUT2D eigenvalue weighted by Gasteiger charge is -2.07. The number of thiazole rings is 1. The first kappa shape index (κ1) is 19.2. The molecular formula is C20H17ClN6OS. The van der Waals surface area contributed by atoms with Crippen molar-refractivity contribution in [3.05, 3.63) is 81.1 Å². The van der Waals surface area contributed by atoms with Gasteiger partial charge in [-0.1, -0.05) is 23.7 Å². The molecule has 0 aliphatic heterocycles. The Hall–Kier alpha value is -3.10. The molecule has 4 rings (SSSR count). The first-order valence-corrected chi connectivity index (χ1v) is 10.0. The van der Waals surface area contributed by atoms with Gasteiger partial charge in [-0.15, -0.1) is 16.4 Å². The molecule has 1 N–H and O–H groups in total. The smallest absolute Gasteiger partial charge is 0.257 e. The zero-order valence-electron chi connectivity index (χ0n) is 15.8. The Labute approximate surface area is 176 Å². The zero-order valence-corrected chi connectivity index (χ0v) is 17.3. The number of carbonyl (C=O) groups excluding carboxylic acids is 1. The van der Waals surface area contributed by atoms with Crippen molar-refractivity contribution in [2.75, 3.05) is 5.32 Å². The fourth-order valence-corrected chi connectivity index (χ4v) is 3.93. The average Bonchev–Trinajstić information content (AvgIpc) is 3.37. The van der Waals surface area contributed by atoms with Crippen LogP contribution in [-0.4, -0.2) is 31.1 Å². The molecule has 0 unspecified atom stereocenters. The minimum atomic E-state index is -0.212. The summed E-state index contributed by atoms with van der Waals surface area (Å²) in [5.41, 5.74) is 4.41. The minimum absolute atomic E-state index is 0.212. The summed E-state index contributed by atoms with van der Waals surface area (Å²) >= 11 is 7.65. The number of anilines is 1. The van der Waals surface area contributed by atoms with E-state index in [9.17, 15) is 4.79 Å². The van der Waals surface area contributed by atoms with Gasteiger partial charge in [0.05, 0.1) is 5.69 Å². The molecule has 0 aliphatic rings. The lowest BCUT2D eigenvalue weighted by molar-refractivity contribution is 0.102. The van der Waals surface area contributed by atoms with Crippen LogP contribution < -0.4 is 5.32 Å². The van der Waals surface area contributed by atoms with Gasteiger partial charge in [-0.3, -0.25) is 10.1 Å². The van der Waals surface area contributed by atoms with E-state index >= 15 is 0 Å². The van der Waals surface area contributed by atoms with Gasteiger partial charge in [-0.25, -0.2) is 9.67 Å². The third-order valence-corrected chi connectivity index (χ3v) is 5.76. The highest BCUT2D eigenvalue weighted by Gasteiger charge is 2.12. The van der Waals surface area contributed by atoms with E-state index in [1.165, 1.54) is 17.7 Å². The number of nitrogens with zero attached hydrogens (tertiary/aromatic N) is 5. The van der Waals surface area contributed by atoms with Gasteiger partial charge in [0.25, 0.3) is 5.91 Å². The van der Waals surface area contributed by atoms with E-state index in [1.54, 1.807) is 23.0 Å². The maximum Gasteiger partial charge on any atom is 0.257 e. The molecule has 7 nitrogen and oxygen atoms in total. The number of aryl methyl sites for hydroxylation is 2. The van der Waals surface area contributed by atoms with Crippen molar-refractivity contribution in [1.29, 1.82) is 0 Å². The fourth-order valence-electron chi connectivity index (χ4n) is 2.89. The molecule has 2 aromatic carbocycles. The van der Waals surface area contributed by atoms with Crippen molar-refractivity contribution in [1.82, 2.24) is 25.2 Å². The van der Waals surface area contributed by atoms with Crippen LogP contribution in [0, 0.1) is 13.8 Å². The molecule has 2 heterocycles. The van der Waals surface area contributed by atoms with E-state index < -0.39 is 0 Å². The van der Waals surface area contributed by atoms with Crippen LogP contribution in [0.1, 0.15) is 31.9 Å². The largest absolute Gasteiger partial charge is 0.298 e. The van der Waals surface area contributed by atoms with Crippen LogP contribution in [0.25, 0.3) is 5.69 Å². The number of rotatable bonds is 5. The molecule has 2 aromatic heterocycles. The topological polar surface area (TPSA) is 85.6 Å². The molecule has 146 valence electrons. The summed E-state index contributed by atoms with van der Waals surface area (Å²) in [6.45, 7) is 3.88. The second-order valence-electron chi connectivity index (χ2n) is 6.60. The van der Waals surface area contributed by atoms with E-state index in [0.29, 0.717) is 17.1 Å². The molecule has 29 heavy (non-hydrogen) atoms. The van der Waals surface area contributed by atoms with Gasteiger partial charge in [-0.05, 0) is 65.2 Å². The van der Waals surface area contributed by atoms with Gasteiger partial charge in [-0.2, -0.15) is 0 Å². The molecule has 0 saturated heterocycles. The van der Waals surface area contributed by atoms with Crippen molar-refractivity contribution in [2.45, 2.75) is 20.3 Å². The molecule has 0 saturated carbocycles. The number of hydrogen-bond acceptors (Lipinski definition) is 6. The van der Waals surface area contributed by atoms with Gasteiger partial charge in [0.2, 0.25) is 0 Å². The molecule has 9 heteroatoms. The second-order valence-corrected chi connectivity index (χ2v) is 8.12. The summed E-state index contributed by atoms with van der Waals surface area (Å²) in [4.78, 5) is 18.0.